The van der Waals surface area contributed by atoms with Gasteiger partial charge in [-0.25, -0.2) is 0 Å². The first-order valence-corrected chi connectivity index (χ1v) is 6.88. The quantitative estimate of drug-likeness (QED) is 0.449. The van der Waals surface area contributed by atoms with Crippen molar-refractivity contribution in [3.8, 4) is 11.5 Å². The Balaban J connectivity index is 2.37. The van der Waals surface area contributed by atoms with Crippen LogP contribution in [0.3, 0.4) is 0 Å². The lowest BCUT2D eigenvalue weighted by molar-refractivity contribution is -0.436. The minimum Gasteiger partial charge on any atom is -0.594 e. The molecule has 0 atom stereocenters. The van der Waals surface area contributed by atoms with Gasteiger partial charge in [-0.2, -0.15) is 0 Å². The maximum absolute atomic E-state index is 12.3. The lowest BCUT2D eigenvalue weighted by Crippen LogP contribution is -1.98. The van der Waals surface area contributed by atoms with Gasteiger partial charge in [-0.15, -0.1) is 0 Å². The zero-order valence-electron chi connectivity index (χ0n) is 12.2. The molecule has 0 fully saturated rings. The second-order valence-electron chi connectivity index (χ2n) is 4.17. The van der Waals surface area contributed by atoms with E-state index < -0.39 is 0 Å². The molecule has 2 aromatic rings. The van der Waals surface area contributed by atoms with Gasteiger partial charge in [-0.05, 0) is 36.9 Å². The van der Waals surface area contributed by atoms with Crippen molar-refractivity contribution in [3.63, 3.8) is 0 Å². The Hall–Kier alpha value is -2.56. The van der Waals surface area contributed by atoms with Gasteiger partial charge in [0.15, 0.2) is 17.2 Å². The Morgan fingerprint density at radius 3 is 2.19 bits per heavy atom. The van der Waals surface area contributed by atoms with Crippen LogP contribution in [0.25, 0.3) is 0 Å². The number of benzene rings is 2. The Kier molecular flexibility index (Phi) is 5.15. The summed E-state index contributed by atoms with van der Waals surface area (Å²) in [4.78, 5) is 0.558. The minimum atomic E-state index is 0.366. The van der Waals surface area contributed by atoms with Crippen molar-refractivity contribution in [3.05, 3.63) is 53.7 Å². The summed E-state index contributed by atoms with van der Waals surface area (Å²) in [5.41, 5.74) is 0.853. The van der Waals surface area contributed by atoms with E-state index in [2.05, 4.69) is 5.11 Å². The molecule has 0 N–H and O–H groups in total. The van der Waals surface area contributed by atoms with Crippen LogP contribution in [0.5, 0.6) is 11.5 Å². The average Bonchev–Trinajstić information content (AvgIpc) is 2.50. The van der Waals surface area contributed by atoms with E-state index in [-0.39, 0.29) is 0 Å². The fraction of sp³-hybridized carbons (Fsp3) is 0.250. The molecule has 0 saturated carbocycles. The highest BCUT2D eigenvalue weighted by atomic mass is 16.5. The van der Waals surface area contributed by atoms with E-state index in [0.29, 0.717) is 40.9 Å². The monoisotopic (exact) mass is 286 g/mol. The molecule has 0 amide bonds. The summed E-state index contributed by atoms with van der Waals surface area (Å²) in [6.07, 6.45) is 0. The lowest BCUT2D eigenvalue weighted by Gasteiger charge is -2.08. The van der Waals surface area contributed by atoms with Crippen LogP contribution in [-0.4, -0.2) is 18.1 Å². The second kappa shape index (κ2) is 7.28. The van der Waals surface area contributed by atoms with Gasteiger partial charge in [0.25, 0.3) is 5.69 Å². The smallest absolute Gasteiger partial charge is 0.286 e. The van der Waals surface area contributed by atoms with Crippen molar-refractivity contribution in [2.45, 2.75) is 13.8 Å². The normalized spacial score (nSPS) is 11.2. The van der Waals surface area contributed by atoms with Crippen LogP contribution in [0, 0.1) is 5.21 Å². The first kappa shape index (κ1) is 14.8. The number of azo groups is 1. The van der Waals surface area contributed by atoms with Crippen LogP contribution in [0.4, 0.5) is 11.4 Å². The molecule has 5 nitrogen and oxygen atoms in total. The third-order valence-corrected chi connectivity index (χ3v) is 2.73. The summed E-state index contributed by atoms with van der Waals surface area (Å²) < 4.78 is 10.9. The minimum absolute atomic E-state index is 0.366. The van der Waals surface area contributed by atoms with Gasteiger partial charge in [0.1, 0.15) is 0 Å². The third-order valence-electron chi connectivity index (χ3n) is 2.73. The van der Waals surface area contributed by atoms with Crippen LogP contribution in [0.15, 0.2) is 53.6 Å². The Bertz CT molecular complexity index is 626. The van der Waals surface area contributed by atoms with E-state index in [1.165, 1.54) is 0 Å². The fourth-order valence-corrected chi connectivity index (χ4v) is 1.86. The number of hydrogen-bond acceptors (Lipinski definition) is 4. The zero-order chi connectivity index (χ0) is 15.1. The van der Waals surface area contributed by atoms with Crippen molar-refractivity contribution in [2.24, 2.45) is 5.11 Å². The molecular formula is C16H18N2O3. The van der Waals surface area contributed by atoms with Crippen molar-refractivity contribution >= 4 is 11.4 Å². The van der Waals surface area contributed by atoms with Gasteiger partial charge in [-0.3, -0.25) is 0 Å². The summed E-state index contributed by atoms with van der Waals surface area (Å²) in [5.74, 6) is 1.09. The SMILES string of the molecule is CCOc1ccccc1N=[N+]([O-])c1ccccc1OCC. The van der Waals surface area contributed by atoms with E-state index in [4.69, 9.17) is 9.47 Å². The fourth-order valence-electron chi connectivity index (χ4n) is 1.86. The first-order valence-electron chi connectivity index (χ1n) is 6.88. The summed E-state index contributed by atoms with van der Waals surface area (Å²) in [7, 11) is 0. The maximum atomic E-state index is 12.3. The summed E-state index contributed by atoms with van der Waals surface area (Å²) in [6, 6.07) is 14.2. The molecule has 2 rings (SSSR count). The van der Waals surface area contributed by atoms with Gasteiger partial charge < -0.3 is 14.7 Å². The van der Waals surface area contributed by atoms with E-state index >= 15 is 0 Å². The van der Waals surface area contributed by atoms with E-state index in [1.807, 2.05) is 32.0 Å². The van der Waals surface area contributed by atoms with Gasteiger partial charge in [0.05, 0.1) is 13.2 Å². The Labute approximate surface area is 124 Å². The molecule has 0 saturated heterocycles. The standard InChI is InChI=1S/C16H18N2O3/c1-3-20-15-11-7-5-9-13(15)17-18(19)14-10-6-8-12-16(14)21-4-2/h5-12H,3-4H2,1-2H3. The van der Waals surface area contributed by atoms with Crippen LogP contribution in [0.2, 0.25) is 0 Å². The van der Waals surface area contributed by atoms with Crippen LogP contribution in [-0.2, 0) is 0 Å². The molecule has 0 aliphatic heterocycles. The average molecular weight is 286 g/mol. The van der Waals surface area contributed by atoms with Crippen molar-refractivity contribution in [2.75, 3.05) is 13.2 Å². The molecule has 0 heterocycles. The largest absolute Gasteiger partial charge is 0.594 e. The molecule has 110 valence electrons. The number of rotatable bonds is 6. The molecular weight excluding hydrogens is 268 g/mol. The molecule has 0 aromatic heterocycles. The summed E-state index contributed by atoms with van der Waals surface area (Å²) in [5, 5.41) is 16.3. The molecule has 5 heteroatoms. The molecule has 21 heavy (non-hydrogen) atoms. The van der Waals surface area contributed by atoms with Crippen molar-refractivity contribution in [1.82, 2.24) is 0 Å². The lowest BCUT2D eigenvalue weighted by atomic mass is 10.3. The molecule has 0 radical (unpaired) electrons. The highest BCUT2D eigenvalue weighted by molar-refractivity contribution is 5.51. The molecule has 0 bridgehead atoms. The summed E-state index contributed by atoms with van der Waals surface area (Å²) in [6.45, 7) is 4.75. The number of ether oxygens (including phenoxy) is 2. The van der Waals surface area contributed by atoms with E-state index in [0.717, 1.165) is 0 Å². The van der Waals surface area contributed by atoms with E-state index in [9.17, 15) is 5.21 Å². The Morgan fingerprint density at radius 1 is 0.905 bits per heavy atom. The van der Waals surface area contributed by atoms with Gasteiger partial charge >= 0.3 is 0 Å². The molecule has 0 aliphatic carbocycles. The number of para-hydroxylation sites is 3. The van der Waals surface area contributed by atoms with Gasteiger partial charge in [0, 0.05) is 11.2 Å². The predicted molar refractivity (Wildman–Crippen MR) is 80.6 cm³/mol. The molecule has 0 spiro atoms. The number of nitrogens with zero attached hydrogens (tertiary/aromatic N) is 2. The zero-order valence-corrected chi connectivity index (χ0v) is 12.2. The van der Waals surface area contributed by atoms with Crippen molar-refractivity contribution < 1.29 is 14.3 Å². The van der Waals surface area contributed by atoms with Crippen LogP contribution >= 0.6 is 0 Å². The van der Waals surface area contributed by atoms with E-state index in [1.54, 1.807) is 30.3 Å². The second-order valence-corrected chi connectivity index (χ2v) is 4.17. The van der Waals surface area contributed by atoms with Crippen LogP contribution in [0.1, 0.15) is 13.8 Å². The Morgan fingerprint density at radius 2 is 1.48 bits per heavy atom. The van der Waals surface area contributed by atoms with Gasteiger partial charge in [-0.1, -0.05) is 24.3 Å². The first-order chi connectivity index (χ1) is 10.3. The predicted octanol–water partition coefficient (Wildman–Crippen LogP) is 4.41. The molecule has 0 aliphatic rings. The highest BCUT2D eigenvalue weighted by Crippen LogP contribution is 2.31. The maximum Gasteiger partial charge on any atom is 0.286 e. The molecule has 2 aromatic carbocycles. The number of hydrogen-bond donors (Lipinski definition) is 0. The van der Waals surface area contributed by atoms with Crippen molar-refractivity contribution in [1.29, 1.82) is 0 Å². The highest BCUT2D eigenvalue weighted by Gasteiger charge is 2.13. The van der Waals surface area contributed by atoms with Gasteiger partial charge in [0.2, 0.25) is 0 Å². The molecule has 0 unspecified atom stereocenters. The topological polar surface area (TPSA) is 56.9 Å². The summed E-state index contributed by atoms with van der Waals surface area (Å²) >= 11 is 0. The third kappa shape index (κ3) is 3.72. The van der Waals surface area contributed by atoms with Crippen LogP contribution < -0.4 is 9.47 Å².